The van der Waals surface area contributed by atoms with Crippen molar-refractivity contribution in [2.45, 2.75) is 39.7 Å². The van der Waals surface area contributed by atoms with E-state index in [9.17, 15) is 4.79 Å². The summed E-state index contributed by atoms with van der Waals surface area (Å²) in [4.78, 5) is 11.7. The molecule has 0 aromatic heterocycles. The maximum Gasteiger partial charge on any atom is 0.238 e. The van der Waals surface area contributed by atoms with Gasteiger partial charge in [-0.15, -0.1) is 0 Å². The van der Waals surface area contributed by atoms with E-state index in [4.69, 9.17) is 0 Å². The molecule has 0 saturated carbocycles. The summed E-state index contributed by atoms with van der Waals surface area (Å²) in [7, 11) is 0. The molecule has 1 aromatic carbocycles. The van der Waals surface area contributed by atoms with Crippen LogP contribution < -0.4 is 10.6 Å². The first kappa shape index (κ1) is 13.7. The number of anilines is 1. The van der Waals surface area contributed by atoms with Gasteiger partial charge in [-0.1, -0.05) is 26.0 Å². The van der Waals surface area contributed by atoms with E-state index < -0.39 is 0 Å². The number of carbonyl (C=O) groups excluding carboxylic acids is 1. The average Bonchev–Trinajstić information content (AvgIpc) is 2.30. The van der Waals surface area contributed by atoms with Gasteiger partial charge in [0.1, 0.15) is 0 Å². The van der Waals surface area contributed by atoms with E-state index in [0.29, 0.717) is 12.6 Å². The van der Waals surface area contributed by atoms with Crippen LogP contribution in [-0.2, 0) is 4.79 Å². The van der Waals surface area contributed by atoms with Crippen molar-refractivity contribution in [2.24, 2.45) is 0 Å². The summed E-state index contributed by atoms with van der Waals surface area (Å²) in [5.41, 5.74) is 2.01. The van der Waals surface area contributed by atoms with Crippen molar-refractivity contribution in [1.82, 2.24) is 5.32 Å². The fourth-order valence-corrected chi connectivity index (χ4v) is 1.74. The number of benzene rings is 1. The highest BCUT2D eigenvalue weighted by Crippen LogP contribution is 2.09. The van der Waals surface area contributed by atoms with E-state index in [0.717, 1.165) is 24.1 Å². The van der Waals surface area contributed by atoms with Crippen LogP contribution in [0.3, 0.4) is 0 Å². The zero-order chi connectivity index (χ0) is 12.7. The minimum absolute atomic E-state index is 0.0162. The molecule has 94 valence electrons. The number of carbonyl (C=O) groups is 1. The van der Waals surface area contributed by atoms with Gasteiger partial charge in [0.2, 0.25) is 5.91 Å². The average molecular weight is 234 g/mol. The summed E-state index contributed by atoms with van der Waals surface area (Å²) in [6.45, 7) is 6.64. The Hall–Kier alpha value is -1.35. The molecule has 0 aliphatic rings. The van der Waals surface area contributed by atoms with Crippen molar-refractivity contribution in [3.8, 4) is 0 Å². The van der Waals surface area contributed by atoms with Gasteiger partial charge in [0.25, 0.3) is 0 Å². The minimum Gasteiger partial charge on any atom is -0.325 e. The van der Waals surface area contributed by atoms with Crippen molar-refractivity contribution < 1.29 is 4.79 Å². The third-order valence-corrected chi connectivity index (χ3v) is 2.84. The maximum absolute atomic E-state index is 11.7. The molecule has 0 aliphatic heterocycles. The van der Waals surface area contributed by atoms with Gasteiger partial charge in [0, 0.05) is 11.7 Å². The van der Waals surface area contributed by atoms with Crippen LogP contribution in [0.25, 0.3) is 0 Å². The van der Waals surface area contributed by atoms with E-state index >= 15 is 0 Å². The zero-order valence-corrected chi connectivity index (χ0v) is 10.9. The van der Waals surface area contributed by atoms with Crippen molar-refractivity contribution >= 4 is 11.6 Å². The number of aryl methyl sites for hydroxylation is 1. The molecule has 1 amide bonds. The monoisotopic (exact) mass is 234 g/mol. The predicted molar refractivity (Wildman–Crippen MR) is 72.2 cm³/mol. The fourth-order valence-electron chi connectivity index (χ4n) is 1.74. The SMILES string of the molecule is CCC(CC)NCC(=O)Nc1cccc(C)c1. The number of rotatable bonds is 6. The standard InChI is InChI=1S/C14H22N2O/c1-4-12(5-2)15-10-14(17)16-13-8-6-7-11(3)9-13/h6-9,12,15H,4-5,10H2,1-3H3,(H,16,17). The second-order valence-electron chi connectivity index (χ2n) is 4.31. The van der Waals surface area contributed by atoms with Crippen LogP contribution in [0.15, 0.2) is 24.3 Å². The van der Waals surface area contributed by atoms with Crippen LogP contribution >= 0.6 is 0 Å². The van der Waals surface area contributed by atoms with E-state index in [1.165, 1.54) is 0 Å². The molecule has 17 heavy (non-hydrogen) atoms. The summed E-state index contributed by atoms with van der Waals surface area (Å²) in [5.74, 6) is 0.0162. The first-order valence-corrected chi connectivity index (χ1v) is 6.25. The number of amides is 1. The first-order chi connectivity index (χ1) is 8.15. The Bertz CT molecular complexity index is 359. The Morgan fingerprint density at radius 1 is 1.29 bits per heavy atom. The lowest BCUT2D eigenvalue weighted by atomic mass is 10.2. The van der Waals surface area contributed by atoms with Gasteiger partial charge in [0.05, 0.1) is 6.54 Å². The number of hydrogen-bond donors (Lipinski definition) is 2. The molecule has 3 heteroatoms. The normalized spacial score (nSPS) is 10.6. The molecule has 0 atom stereocenters. The van der Waals surface area contributed by atoms with Crippen LogP contribution in [-0.4, -0.2) is 18.5 Å². The second-order valence-corrected chi connectivity index (χ2v) is 4.31. The van der Waals surface area contributed by atoms with Crippen molar-refractivity contribution in [2.75, 3.05) is 11.9 Å². The minimum atomic E-state index is 0.0162. The molecule has 1 aromatic rings. The van der Waals surface area contributed by atoms with Gasteiger partial charge >= 0.3 is 0 Å². The summed E-state index contributed by atoms with van der Waals surface area (Å²) in [6.07, 6.45) is 2.10. The van der Waals surface area contributed by atoms with Gasteiger partial charge in [-0.2, -0.15) is 0 Å². The Balaban J connectivity index is 2.39. The van der Waals surface area contributed by atoms with Crippen LogP contribution in [0.1, 0.15) is 32.3 Å². The Morgan fingerprint density at radius 2 is 2.00 bits per heavy atom. The van der Waals surface area contributed by atoms with Crippen LogP contribution in [0.5, 0.6) is 0 Å². The Kier molecular flexibility index (Phi) is 5.70. The predicted octanol–water partition coefficient (Wildman–Crippen LogP) is 2.71. The van der Waals surface area contributed by atoms with Crippen molar-refractivity contribution in [3.63, 3.8) is 0 Å². The van der Waals surface area contributed by atoms with Crippen LogP contribution in [0.4, 0.5) is 5.69 Å². The molecule has 0 bridgehead atoms. The summed E-state index contributed by atoms with van der Waals surface area (Å²) < 4.78 is 0. The molecular weight excluding hydrogens is 212 g/mol. The van der Waals surface area contributed by atoms with Gasteiger partial charge < -0.3 is 10.6 Å². The highest BCUT2D eigenvalue weighted by atomic mass is 16.1. The molecule has 0 saturated heterocycles. The summed E-state index contributed by atoms with van der Waals surface area (Å²) in [6, 6.07) is 8.26. The third kappa shape index (κ3) is 5.00. The van der Waals surface area contributed by atoms with Gasteiger partial charge in [-0.3, -0.25) is 4.79 Å². The molecule has 2 N–H and O–H groups in total. The molecule has 0 aliphatic carbocycles. The van der Waals surface area contributed by atoms with Crippen molar-refractivity contribution in [3.05, 3.63) is 29.8 Å². The summed E-state index contributed by atoms with van der Waals surface area (Å²) in [5, 5.41) is 6.13. The quantitative estimate of drug-likeness (QED) is 0.794. The van der Waals surface area contributed by atoms with E-state index in [1.54, 1.807) is 0 Å². The molecule has 0 fully saturated rings. The van der Waals surface area contributed by atoms with Crippen LogP contribution in [0, 0.1) is 6.92 Å². The second kappa shape index (κ2) is 7.07. The molecule has 1 rings (SSSR count). The lowest BCUT2D eigenvalue weighted by Gasteiger charge is -2.14. The van der Waals surface area contributed by atoms with Gasteiger partial charge in [-0.25, -0.2) is 0 Å². The lowest BCUT2D eigenvalue weighted by Crippen LogP contribution is -2.35. The van der Waals surface area contributed by atoms with E-state index in [1.807, 2.05) is 31.2 Å². The van der Waals surface area contributed by atoms with Gasteiger partial charge in [0.15, 0.2) is 0 Å². The first-order valence-electron chi connectivity index (χ1n) is 6.25. The Morgan fingerprint density at radius 3 is 2.59 bits per heavy atom. The van der Waals surface area contributed by atoms with E-state index in [2.05, 4.69) is 24.5 Å². The van der Waals surface area contributed by atoms with Crippen LogP contribution in [0.2, 0.25) is 0 Å². The van der Waals surface area contributed by atoms with Crippen molar-refractivity contribution in [1.29, 1.82) is 0 Å². The molecule has 3 nitrogen and oxygen atoms in total. The highest BCUT2D eigenvalue weighted by molar-refractivity contribution is 5.92. The highest BCUT2D eigenvalue weighted by Gasteiger charge is 2.06. The number of nitrogens with one attached hydrogen (secondary N) is 2. The van der Waals surface area contributed by atoms with Gasteiger partial charge in [-0.05, 0) is 37.5 Å². The molecule has 0 unspecified atom stereocenters. The lowest BCUT2D eigenvalue weighted by molar-refractivity contribution is -0.115. The zero-order valence-electron chi connectivity index (χ0n) is 10.9. The maximum atomic E-state index is 11.7. The molecule has 0 spiro atoms. The molecule has 0 radical (unpaired) electrons. The topological polar surface area (TPSA) is 41.1 Å². The smallest absolute Gasteiger partial charge is 0.238 e. The Labute approximate surface area is 104 Å². The number of hydrogen-bond acceptors (Lipinski definition) is 2. The molecular formula is C14H22N2O. The van der Waals surface area contributed by atoms with E-state index in [-0.39, 0.29) is 5.91 Å². The molecule has 0 heterocycles. The third-order valence-electron chi connectivity index (χ3n) is 2.84. The summed E-state index contributed by atoms with van der Waals surface area (Å²) >= 11 is 0. The largest absolute Gasteiger partial charge is 0.325 e. The fraction of sp³-hybridized carbons (Fsp3) is 0.500.